The summed E-state index contributed by atoms with van der Waals surface area (Å²) in [6.45, 7) is 0. The first kappa shape index (κ1) is 12.7. The number of rotatable bonds is 1. The largest absolute Gasteiger partial charge is 0.370 e. The molecule has 0 heterocycles. The van der Waals surface area contributed by atoms with Crippen LogP contribution in [0.25, 0.3) is 0 Å². The van der Waals surface area contributed by atoms with E-state index in [4.69, 9.17) is 28.8 Å². The minimum atomic E-state index is -0.507. The van der Waals surface area contributed by atoms with Gasteiger partial charge < -0.3 is 17.2 Å². The minimum absolute atomic E-state index is 0.135. The van der Waals surface area contributed by atoms with Crippen LogP contribution in [0.15, 0.2) is 26.6 Å². The average molecular weight is 309 g/mol. The predicted octanol–water partition coefficient (Wildman–Crippen LogP) is 1.46. The Balaban J connectivity index is 3.20. The number of guanidine groups is 2. The number of nitrogens with two attached hydrogens (primary N) is 3. The van der Waals surface area contributed by atoms with Crippen molar-refractivity contribution in [3.8, 4) is 0 Å². The summed E-state index contributed by atoms with van der Waals surface area (Å²) >= 11 is 8.93. The highest BCUT2D eigenvalue weighted by Crippen LogP contribution is 2.33. The van der Waals surface area contributed by atoms with E-state index in [0.29, 0.717) is 4.47 Å². The molecule has 0 saturated heterocycles. The average Bonchev–Trinajstić information content (AvgIpc) is 2.11. The van der Waals surface area contributed by atoms with E-state index < -0.39 is 5.82 Å². The molecule has 1 aromatic carbocycles. The molecule has 86 valence electrons. The van der Waals surface area contributed by atoms with E-state index in [0.717, 1.165) is 6.07 Å². The quantitative estimate of drug-likeness (QED) is 0.416. The second-order valence-electron chi connectivity index (χ2n) is 2.73. The highest BCUT2D eigenvalue weighted by Gasteiger charge is 2.07. The van der Waals surface area contributed by atoms with Crippen molar-refractivity contribution in [2.75, 3.05) is 0 Å². The third-order valence-electron chi connectivity index (χ3n) is 1.45. The van der Waals surface area contributed by atoms with Crippen LogP contribution < -0.4 is 17.2 Å². The number of aliphatic imine (C=N–C) groups is 2. The fourth-order valence-corrected chi connectivity index (χ4v) is 1.48. The van der Waals surface area contributed by atoms with Gasteiger partial charge in [0.25, 0.3) is 0 Å². The first-order valence-electron chi connectivity index (χ1n) is 3.98. The Kier molecular flexibility index (Phi) is 4.08. The summed E-state index contributed by atoms with van der Waals surface area (Å²) in [5.41, 5.74) is 15.7. The fraction of sp³-hybridized carbons (Fsp3) is 0. The van der Waals surface area contributed by atoms with Gasteiger partial charge in [0.05, 0.1) is 10.7 Å². The molecule has 6 N–H and O–H groups in total. The highest BCUT2D eigenvalue weighted by atomic mass is 79.9. The lowest BCUT2D eigenvalue weighted by Crippen LogP contribution is -2.26. The van der Waals surface area contributed by atoms with Crippen LogP contribution >= 0.6 is 27.5 Å². The highest BCUT2D eigenvalue weighted by molar-refractivity contribution is 9.10. The third-order valence-corrected chi connectivity index (χ3v) is 2.70. The molecule has 1 aromatic rings. The first-order chi connectivity index (χ1) is 7.40. The molecule has 0 bridgehead atoms. The van der Waals surface area contributed by atoms with Crippen molar-refractivity contribution in [2.45, 2.75) is 0 Å². The lowest BCUT2D eigenvalue weighted by molar-refractivity contribution is 0.627. The van der Waals surface area contributed by atoms with Gasteiger partial charge in [0.15, 0.2) is 5.96 Å². The van der Waals surface area contributed by atoms with Crippen molar-refractivity contribution in [2.24, 2.45) is 27.2 Å². The van der Waals surface area contributed by atoms with E-state index in [1.807, 2.05) is 0 Å². The standard InChI is InChI=1S/C8H8BrClFN5/c9-4-1-3(11)2-5(6(4)10)15-8(14)16-7(12)13/h1-2H,(H6,12,13,14,15,16). The van der Waals surface area contributed by atoms with E-state index in [2.05, 4.69) is 25.9 Å². The van der Waals surface area contributed by atoms with Crippen molar-refractivity contribution in [1.82, 2.24) is 0 Å². The molecular formula is C8H8BrClFN5. The molecule has 0 amide bonds. The zero-order valence-electron chi connectivity index (χ0n) is 7.92. The summed E-state index contributed by atoms with van der Waals surface area (Å²) in [6.07, 6.45) is 0. The fourth-order valence-electron chi connectivity index (χ4n) is 0.904. The Morgan fingerprint density at radius 1 is 1.31 bits per heavy atom. The summed E-state index contributed by atoms with van der Waals surface area (Å²) in [6, 6.07) is 2.32. The Morgan fingerprint density at radius 2 is 1.94 bits per heavy atom. The zero-order chi connectivity index (χ0) is 12.3. The van der Waals surface area contributed by atoms with Crippen LogP contribution in [0.2, 0.25) is 5.02 Å². The van der Waals surface area contributed by atoms with Gasteiger partial charge >= 0.3 is 0 Å². The van der Waals surface area contributed by atoms with Crippen LogP contribution in [0.5, 0.6) is 0 Å². The Bertz CT molecular complexity index is 470. The molecule has 0 aliphatic carbocycles. The zero-order valence-corrected chi connectivity index (χ0v) is 10.3. The normalized spacial score (nSPS) is 11.3. The summed E-state index contributed by atoms with van der Waals surface area (Å²) in [5, 5.41) is 0.218. The van der Waals surface area contributed by atoms with Crippen LogP contribution in [0.4, 0.5) is 10.1 Å². The van der Waals surface area contributed by atoms with Crippen LogP contribution in [0.1, 0.15) is 0 Å². The van der Waals surface area contributed by atoms with Crippen molar-refractivity contribution in [3.05, 3.63) is 27.4 Å². The topological polar surface area (TPSA) is 103 Å². The van der Waals surface area contributed by atoms with Gasteiger partial charge in [-0.25, -0.2) is 9.38 Å². The van der Waals surface area contributed by atoms with Crippen LogP contribution in [0.3, 0.4) is 0 Å². The lowest BCUT2D eigenvalue weighted by atomic mass is 10.3. The maximum Gasteiger partial charge on any atom is 0.223 e. The van der Waals surface area contributed by atoms with Crippen LogP contribution in [-0.4, -0.2) is 11.9 Å². The van der Waals surface area contributed by atoms with Crippen molar-refractivity contribution in [1.29, 1.82) is 0 Å². The lowest BCUT2D eigenvalue weighted by Gasteiger charge is -2.02. The minimum Gasteiger partial charge on any atom is -0.370 e. The Labute approximate surface area is 104 Å². The smallest absolute Gasteiger partial charge is 0.223 e. The molecule has 0 atom stereocenters. The molecule has 5 nitrogen and oxygen atoms in total. The van der Waals surface area contributed by atoms with Crippen molar-refractivity contribution in [3.63, 3.8) is 0 Å². The van der Waals surface area contributed by atoms with Crippen molar-refractivity contribution < 1.29 is 4.39 Å². The van der Waals surface area contributed by atoms with Gasteiger partial charge in [0, 0.05) is 10.5 Å². The Morgan fingerprint density at radius 3 is 2.50 bits per heavy atom. The molecule has 0 aliphatic heterocycles. The number of nitrogens with zero attached hydrogens (tertiary/aromatic N) is 2. The SMILES string of the molecule is NC(N)=NC(N)=Nc1cc(F)cc(Br)c1Cl. The van der Waals surface area contributed by atoms with Gasteiger partial charge in [-0.2, -0.15) is 4.99 Å². The van der Waals surface area contributed by atoms with E-state index in [1.54, 1.807) is 0 Å². The Hall–Kier alpha value is -1.34. The molecule has 0 fully saturated rings. The summed E-state index contributed by atoms with van der Waals surface area (Å²) < 4.78 is 13.4. The second kappa shape index (κ2) is 5.13. The molecule has 0 saturated carbocycles. The van der Waals surface area contributed by atoms with E-state index in [1.165, 1.54) is 6.07 Å². The van der Waals surface area contributed by atoms with E-state index in [9.17, 15) is 4.39 Å². The summed E-state index contributed by atoms with van der Waals surface area (Å²) in [4.78, 5) is 7.24. The van der Waals surface area contributed by atoms with E-state index in [-0.39, 0.29) is 22.6 Å². The maximum absolute atomic E-state index is 13.0. The van der Waals surface area contributed by atoms with Gasteiger partial charge in [-0.15, -0.1) is 0 Å². The number of benzene rings is 1. The third kappa shape index (κ3) is 3.35. The molecule has 8 heteroatoms. The molecule has 0 aromatic heterocycles. The molecule has 0 unspecified atom stereocenters. The van der Waals surface area contributed by atoms with Crippen molar-refractivity contribution >= 4 is 45.1 Å². The molecule has 0 aliphatic rings. The molecular weight excluding hydrogens is 300 g/mol. The summed E-state index contributed by atoms with van der Waals surface area (Å²) in [5.74, 6) is -0.959. The number of halogens is 3. The van der Waals surface area contributed by atoms with Crippen LogP contribution in [-0.2, 0) is 0 Å². The van der Waals surface area contributed by atoms with Gasteiger partial charge in [0.1, 0.15) is 5.82 Å². The second-order valence-corrected chi connectivity index (χ2v) is 3.96. The predicted molar refractivity (Wildman–Crippen MR) is 66.2 cm³/mol. The molecule has 0 spiro atoms. The maximum atomic E-state index is 13.0. The summed E-state index contributed by atoms with van der Waals surface area (Å²) in [7, 11) is 0. The molecule has 1 rings (SSSR count). The monoisotopic (exact) mass is 307 g/mol. The number of hydrogen-bond acceptors (Lipinski definition) is 1. The molecule has 16 heavy (non-hydrogen) atoms. The van der Waals surface area contributed by atoms with Gasteiger partial charge in [-0.3, -0.25) is 0 Å². The number of hydrogen-bond donors (Lipinski definition) is 3. The van der Waals surface area contributed by atoms with Crippen LogP contribution in [0, 0.1) is 5.82 Å². The van der Waals surface area contributed by atoms with Gasteiger partial charge in [0.2, 0.25) is 5.96 Å². The first-order valence-corrected chi connectivity index (χ1v) is 5.15. The van der Waals surface area contributed by atoms with E-state index >= 15 is 0 Å². The van der Waals surface area contributed by atoms with Gasteiger partial charge in [-0.05, 0) is 22.0 Å². The van der Waals surface area contributed by atoms with Gasteiger partial charge in [-0.1, -0.05) is 11.6 Å². The molecule has 0 radical (unpaired) electrons.